The smallest absolute Gasteiger partial charge is 0.382 e. The van der Waals surface area contributed by atoms with Gasteiger partial charge in [0.2, 0.25) is 0 Å². The Morgan fingerprint density at radius 2 is 1.97 bits per heavy atom. The molecule has 0 spiro atoms. The molecule has 0 aliphatic carbocycles. The third-order valence-electron chi connectivity index (χ3n) is 5.60. The molecule has 4 rings (SSSR count). The number of anilines is 2. The highest BCUT2D eigenvalue weighted by molar-refractivity contribution is 7.90. The standard InChI is InChI=1S/C24H25F3N4O3S/c1-35(32,33)19-7-8-23(29-15-19)28-11-3-4-18-14-20-21(30-17-9-12-34-13-10-17)5-2-6-22(20)31(18)16-24(25,26)27/h2,5-8,14-15,17,30H,9-13,16H2,1H3,(H,28,29). The summed E-state index contributed by atoms with van der Waals surface area (Å²) >= 11 is 0. The normalized spacial score (nSPS) is 15.0. The van der Waals surface area contributed by atoms with Gasteiger partial charge in [0.15, 0.2) is 9.84 Å². The molecular formula is C24H25F3N4O3S. The molecule has 3 aromatic rings. The largest absolute Gasteiger partial charge is 0.406 e. The molecule has 1 aromatic carbocycles. The number of sulfone groups is 1. The highest BCUT2D eigenvalue weighted by Gasteiger charge is 2.30. The minimum Gasteiger partial charge on any atom is -0.382 e. The van der Waals surface area contributed by atoms with Gasteiger partial charge < -0.3 is 19.9 Å². The lowest BCUT2D eigenvalue weighted by atomic mass is 10.1. The van der Waals surface area contributed by atoms with Crippen molar-refractivity contribution in [1.29, 1.82) is 0 Å². The van der Waals surface area contributed by atoms with E-state index in [2.05, 4.69) is 27.5 Å². The van der Waals surface area contributed by atoms with Crippen LogP contribution in [-0.2, 0) is 21.1 Å². The second-order valence-electron chi connectivity index (χ2n) is 8.31. The van der Waals surface area contributed by atoms with E-state index in [1.807, 2.05) is 6.07 Å². The molecule has 3 heterocycles. The Hall–Kier alpha value is -3.23. The van der Waals surface area contributed by atoms with Crippen LogP contribution < -0.4 is 10.6 Å². The molecule has 1 fully saturated rings. The summed E-state index contributed by atoms with van der Waals surface area (Å²) in [6.45, 7) is 0.270. The van der Waals surface area contributed by atoms with Crippen molar-refractivity contribution >= 4 is 32.2 Å². The zero-order valence-electron chi connectivity index (χ0n) is 19.0. The number of alkyl halides is 3. The lowest BCUT2D eigenvalue weighted by Gasteiger charge is -2.24. The van der Waals surface area contributed by atoms with Crippen molar-refractivity contribution in [3.8, 4) is 11.8 Å². The summed E-state index contributed by atoms with van der Waals surface area (Å²) in [5.41, 5.74) is 1.47. The first kappa shape index (κ1) is 24.9. The summed E-state index contributed by atoms with van der Waals surface area (Å²) in [7, 11) is -3.35. The van der Waals surface area contributed by atoms with E-state index in [1.165, 1.54) is 22.9 Å². The van der Waals surface area contributed by atoms with Crippen molar-refractivity contribution in [2.75, 3.05) is 36.6 Å². The Kier molecular flexibility index (Phi) is 7.23. The number of nitrogens with one attached hydrogen (secondary N) is 2. The average molecular weight is 507 g/mol. The summed E-state index contributed by atoms with van der Waals surface area (Å²) in [5, 5.41) is 7.05. The van der Waals surface area contributed by atoms with Crippen molar-refractivity contribution in [2.45, 2.75) is 36.5 Å². The van der Waals surface area contributed by atoms with Crippen LogP contribution in [0.5, 0.6) is 0 Å². The van der Waals surface area contributed by atoms with Crippen molar-refractivity contribution in [1.82, 2.24) is 9.55 Å². The molecule has 0 amide bonds. The number of hydrogen-bond acceptors (Lipinski definition) is 6. The van der Waals surface area contributed by atoms with E-state index in [0.29, 0.717) is 29.9 Å². The van der Waals surface area contributed by atoms with Crippen LogP contribution in [0.2, 0.25) is 0 Å². The van der Waals surface area contributed by atoms with Crippen LogP contribution in [0.15, 0.2) is 47.5 Å². The van der Waals surface area contributed by atoms with Crippen molar-refractivity contribution in [3.05, 3.63) is 48.3 Å². The van der Waals surface area contributed by atoms with Crippen LogP contribution in [0.1, 0.15) is 18.5 Å². The summed E-state index contributed by atoms with van der Waals surface area (Å²) in [5.74, 6) is 6.09. The highest BCUT2D eigenvalue weighted by Crippen LogP contribution is 2.31. The van der Waals surface area contributed by atoms with E-state index in [1.54, 1.807) is 18.2 Å². The molecule has 0 bridgehead atoms. The van der Waals surface area contributed by atoms with Crippen molar-refractivity contribution < 1.29 is 26.3 Å². The van der Waals surface area contributed by atoms with Crippen molar-refractivity contribution in [2.24, 2.45) is 0 Å². The van der Waals surface area contributed by atoms with Crippen molar-refractivity contribution in [3.63, 3.8) is 0 Å². The average Bonchev–Trinajstić information content (AvgIpc) is 3.14. The van der Waals surface area contributed by atoms with E-state index < -0.39 is 22.6 Å². The molecule has 2 N–H and O–H groups in total. The van der Waals surface area contributed by atoms with Gasteiger partial charge in [-0.15, -0.1) is 0 Å². The predicted octanol–water partition coefficient (Wildman–Crippen LogP) is 4.06. The van der Waals surface area contributed by atoms with Gasteiger partial charge in [-0.3, -0.25) is 0 Å². The van der Waals surface area contributed by atoms with E-state index >= 15 is 0 Å². The number of benzene rings is 1. The molecule has 1 aliphatic heterocycles. The van der Waals surface area contributed by atoms with E-state index in [4.69, 9.17) is 4.74 Å². The first-order valence-electron chi connectivity index (χ1n) is 11.0. The molecule has 1 saturated heterocycles. The fraction of sp³-hybridized carbons (Fsp3) is 0.375. The number of hydrogen-bond donors (Lipinski definition) is 2. The Bertz CT molecular complexity index is 1350. The quantitative estimate of drug-likeness (QED) is 0.491. The summed E-state index contributed by atoms with van der Waals surface area (Å²) in [6, 6.07) is 10.1. The maximum atomic E-state index is 13.4. The van der Waals surface area contributed by atoms with E-state index in [0.717, 1.165) is 24.8 Å². The minimum absolute atomic E-state index is 0.0935. The maximum Gasteiger partial charge on any atom is 0.406 e. The van der Waals surface area contributed by atoms with E-state index in [-0.39, 0.29) is 23.2 Å². The molecule has 0 unspecified atom stereocenters. The number of rotatable bonds is 6. The minimum atomic E-state index is -4.41. The van der Waals surface area contributed by atoms with Gasteiger partial charge in [0, 0.05) is 42.8 Å². The molecule has 7 nitrogen and oxygen atoms in total. The van der Waals surface area contributed by atoms with Gasteiger partial charge in [-0.1, -0.05) is 12.0 Å². The Morgan fingerprint density at radius 1 is 1.20 bits per heavy atom. The van der Waals surface area contributed by atoms with Crippen LogP contribution in [0, 0.1) is 11.8 Å². The topological polar surface area (TPSA) is 85.3 Å². The van der Waals surface area contributed by atoms with Crippen LogP contribution in [0.3, 0.4) is 0 Å². The van der Waals surface area contributed by atoms with Gasteiger partial charge in [0.05, 0.1) is 22.7 Å². The van der Waals surface area contributed by atoms with Gasteiger partial charge in [-0.2, -0.15) is 13.2 Å². The number of halogens is 3. The first-order chi connectivity index (χ1) is 16.6. The molecule has 2 aromatic heterocycles. The molecule has 0 saturated carbocycles. The van der Waals surface area contributed by atoms with E-state index in [9.17, 15) is 21.6 Å². The number of ether oxygens (including phenoxy) is 1. The molecule has 35 heavy (non-hydrogen) atoms. The van der Waals surface area contributed by atoms with Gasteiger partial charge >= 0.3 is 6.18 Å². The monoisotopic (exact) mass is 506 g/mol. The third-order valence-corrected chi connectivity index (χ3v) is 6.70. The number of fused-ring (bicyclic) bond motifs is 1. The van der Waals surface area contributed by atoms with Gasteiger partial charge in [0.25, 0.3) is 0 Å². The maximum absolute atomic E-state index is 13.4. The Balaban J connectivity index is 1.57. The fourth-order valence-corrected chi connectivity index (χ4v) is 4.46. The molecular weight excluding hydrogens is 481 g/mol. The molecule has 11 heteroatoms. The second kappa shape index (κ2) is 10.2. The molecule has 0 atom stereocenters. The summed E-state index contributed by atoms with van der Waals surface area (Å²) < 4.78 is 69.7. The summed E-state index contributed by atoms with van der Waals surface area (Å²) in [6.07, 6.45) is -0.420. The second-order valence-corrected chi connectivity index (χ2v) is 10.3. The molecule has 0 radical (unpaired) electrons. The lowest BCUT2D eigenvalue weighted by molar-refractivity contribution is -0.140. The number of pyridine rings is 1. The van der Waals surface area contributed by atoms with Gasteiger partial charge in [-0.25, -0.2) is 13.4 Å². The highest BCUT2D eigenvalue weighted by atomic mass is 32.2. The number of aromatic nitrogens is 2. The molecule has 186 valence electrons. The van der Waals surface area contributed by atoms with Crippen LogP contribution in [0.4, 0.5) is 24.7 Å². The van der Waals surface area contributed by atoms with Crippen LogP contribution >= 0.6 is 0 Å². The molecule has 1 aliphatic rings. The van der Waals surface area contributed by atoms with Gasteiger partial charge in [-0.05, 0) is 49.1 Å². The third kappa shape index (κ3) is 6.46. The lowest BCUT2D eigenvalue weighted by Crippen LogP contribution is -2.27. The van der Waals surface area contributed by atoms with Gasteiger partial charge in [0.1, 0.15) is 12.4 Å². The number of nitrogens with zero attached hydrogens (tertiary/aromatic N) is 2. The Labute approximate surface area is 201 Å². The summed E-state index contributed by atoms with van der Waals surface area (Å²) in [4.78, 5) is 4.12. The fourth-order valence-electron chi connectivity index (χ4n) is 3.90. The first-order valence-corrected chi connectivity index (χ1v) is 12.9. The zero-order valence-corrected chi connectivity index (χ0v) is 19.8. The SMILES string of the molecule is CS(=O)(=O)c1ccc(NCC#Cc2cc3c(NC4CCOCC4)cccc3n2CC(F)(F)F)nc1. The van der Waals surface area contributed by atoms with Crippen LogP contribution in [0.25, 0.3) is 10.9 Å². The zero-order chi connectivity index (χ0) is 25.1. The van der Waals surface area contributed by atoms with Crippen LogP contribution in [-0.4, -0.2) is 56.2 Å². The predicted molar refractivity (Wildman–Crippen MR) is 128 cm³/mol. The Morgan fingerprint density at radius 3 is 2.63 bits per heavy atom.